The lowest BCUT2D eigenvalue weighted by Crippen LogP contribution is -2.16. The zero-order chi connectivity index (χ0) is 15.0. The van der Waals surface area contributed by atoms with E-state index in [0.717, 1.165) is 11.3 Å². The molecule has 0 aliphatic heterocycles. The fourth-order valence-corrected chi connectivity index (χ4v) is 2.03. The largest absolute Gasteiger partial charge is 0.496 e. The fourth-order valence-electron chi connectivity index (χ4n) is 1.80. The zero-order valence-electron chi connectivity index (χ0n) is 12.0. The molecule has 1 N–H and O–H groups in total. The molecule has 0 radical (unpaired) electrons. The number of hydrogen-bond acceptors (Lipinski definition) is 4. The van der Waals surface area contributed by atoms with Crippen LogP contribution in [0.3, 0.4) is 0 Å². The highest BCUT2D eigenvalue weighted by Gasteiger charge is 2.08. The molecular formula is C15H20ClNO3. The van der Waals surface area contributed by atoms with E-state index < -0.39 is 0 Å². The van der Waals surface area contributed by atoms with Crippen molar-refractivity contribution >= 4 is 17.6 Å². The van der Waals surface area contributed by atoms with Gasteiger partial charge in [-0.3, -0.25) is 0 Å². The Labute approximate surface area is 124 Å². The second kappa shape index (κ2) is 8.61. The summed E-state index contributed by atoms with van der Waals surface area (Å²) in [6.07, 6.45) is 2.47. The molecule has 0 saturated heterocycles. The molecule has 0 saturated carbocycles. The van der Waals surface area contributed by atoms with Crippen LogP contribution in [0.15, 0.2) is 29.8 Å². The van der Waals surface area contributed by atoms with Crippen LogP contribution in [0.25, 0.3) is 0 Å². The van der Waals surface area contributed by atoms with Crippen molar-refractivity contribution in [2.45, 2.75) is 19.9 Å². The Bertz CT molecular complexity index is 486. The average Bonchev–Trinajstić information content (AvgIpc) is 2.47. The summed E-state index contributed by atoms with van der Waals surface area (Å²) < 4.78 is 9.97. The molecule has 1 aromatic rings. The number of carbonyl (C=O) groups is 1. The van der Waals surface area contributed by atoms with Gasteiger partial charge >= 0.3 is 5.97 Å². The van der Waals surface area contributed by atoms with Crippen LogP contribution >= 0.6 is 11.6 Å². The minimum Gasteiger partial charge on any atom is -0.496 e. The Balaban J connectivity index is 2.61. The van der Waals surface area contributed by atoms with Crippen molar-refractivity contribution in [2.75, 3.05) is 20.8 Å². The van der Waals surface area contributed by atoms with Crippen molar-refractivity contribution in [1.82, 2.24) is 5.32 Å². The van der Waals surface area contributed by atoms with Crippen molar-refractivity contribution in [3.05, 3.63) is 40.4 Å². The highest BCUT2D eigenvalue weighted by Crippen LogP contribution is 2.25. The molecule has 4 nitrogen and oxygen atoms in total. The Kier molecular flexibility index (Phi) is 7.12. The molecule has 0 unspecified atom stereocenters. The monoisotopic (exact) mass is 297 g/mol. The van der Waals surface area contributed by atoms with E-state index >= 15 is 0 Å². The topological polar surface area (TPSA) is 47.6 Å². The van der Waals surface area contributed by atoms with Gasteiger partial charge in [0, 0.05) is 29.2 Å². The number of halogens is 1. The van der Waals surface area contributed by atoms with E-state index in [1.165, 1.54) is 7.11 Å². The first kappa shape index (κ1) is 16.5. The maximum atomic E-state index is 11.4. The lowest BCUT2D eigenvalue weighted by atomic mass is 10.2. The van der Waals surface area contributed by atoms with Crippen molar-refractivity contribution in [3.63, 3.8) is 0 Å². The van der Waals surface area contributed by atoms with Crippen LogP contribution in [0, 0.1) is 0 Å². The molecule has 0 spiro atoms. The highest BCUT2D eigenvalue weighted by atomic mass is 35.5. The average molecular weight is 298 g/mol. The van der Waals surface area contributed by atoms with Gasteiger partial charge in [0.15, 0.2) is 0 Å². The first-order valence-corrected chi connectivity index (χ1v) is 6.81. The molecule has 20 heavy (non-hydrogen) atoms. The lowest BCUT2D eigenvalue weighted by Gasteiger charge is -2.10. The van der Waals surface area contributed by atoms with Crippen LogP contribution in [0.1, 0.15) is 18.9 Å². The lowest BCUT2D eigenvalue weighted by molar-refractivity contribution is -0.136. The van der Waals surface area contributed by atoms with Crippen LogP contribution in [0.5, 0.6) is 5.75 Å². The molecule has 0 bridgehead atoms. The molecule has 1 rings (SSSR count). The summed E-state index contributed by atoms with van der Waals surface area (Å²) in [7, 11) is 3.00. The molecule has 0 fully saturated rings. The predicted molar refractivity (Wildman–Crippen MR) is 80.1 cm³/mol. The van der Waals surface area contributed by atoms with Gasteiger partial charge in [-0.05, 0) is 18.6 Å². The summed E-state index contributed by atoms with van der Waals surface area (Å²) in [5.41, 5.74) is 1.56. The van der Waals surface area contributed by atoms with Crippen LogP contribution in [-0.2, 0) is 16.1 Å². The normalized spacial score (nSPS) is 11.3. The number of benzene rings is 1. The zero-order valence-corrected chi connectivity index (χ0v) is 12.8. The van der Waals surface area contributed by atoms with E-state index in [1.54, 1.807) is 7.11 Å². The van der Waals surface area contributed by atoms with E-state index in [0.29, 0.717) is 30.1 Å². The Morgan fingerprint density at radius 3 is 2.75 bits per heavy atom. The smallest absolute Gasteiger partial charge is 0.333 e. The summed E-state index contributed by atoms with van der Waals surface area (Å²) in [5.74, 6) is 0.460. The fraction of sp³-hybridized carbons (Fsp3) is 0.400. The van der Waals surface area contributed by atoms with Gasteiger partial charge in [-0.15, -0.1) is 0 Å². The molecule has 0 aromatic heterocycles. The SMILES string of the molecule is CC/C(=C/CNCc1c(Cl)cccc1OC)C(=O)OC. The van der Waals surface area contributed by atoms with E-state index in [-0.39, 0.29) is 5.97 Å². The molecule has 0 heterocycles. The maximum Gasteiger partial charge on any atom is 0.333 e. The van der Waals surface area contributed by atoms with Gasteiger partial charge in [-0.25, -0.2) is 4.79 Å². The van der Waals surface area contributed by atoms with Crippen LogP contribution in [0.4, 0.5) is 0 Å². The summed E-state index contributed by atoms with van der Waals surface area (Å²) in [5, 5.41) is 3.87. The molecule has 0 aliphatic rings. The first-order valence-electron chi connectivity index (χ1n) is 6.43. The van der Waals surface area contributed by atoms with Gasteiger partial charge in [0.1, 0.15) is 5.75 Å². The quantitative estimate of drug-likeness (QED) is 0.477. The van der Waals surface area contributed by atoms with E-state index in [1.807, 2.05) is 31.2 Å². The molecule has 1 aromatic carbocycles. The molecule has 110 valence electrons. The highest BCUT2D eigenvalue weighted by molar-refractivity contribution is 6.31. The number of esters is 1. The minimum atomic E-state index is -0.287. The maximum absolute atomic E-state index is 11.4. The van der Waals surface area contributed by atoms with Gasteiger partial charge in [-0.2, -0.15) is 0 Å². The second-order valence-corrected chi connectivity index (χ2v) is 4.53. The standard InChI is InChI=1S/C15H20ClNO3/c1-4-11(15(18)20-3)8-9-17-10-12-13(16)6-5-7-14(12)19-2/h5-8,17H,4,9-10H2,1-3H3/b11-8-. The summed E-state index contributed by atoms with van der Waals surface area (Å²) in [4.78, 5) is 11.4. The van der Waals surface area contributed by atoms with Crippen molar-refractivity contribution in [3.8, 4) is 5.75 Å². The summed E-state index contributed by atoms with van der Waals surface area (Å²) >= 11 is 6.14. The number of carbonyl (C=O) groups excluding carboxylic acids is 1. The van der Waals surface area contributed by atoms with Crippen molar-refractivity contribution in [1.29, 1.82) is 0 Å². The Morgan fingerprint density at radius 1 is 1.40 bits per heavy atom. The number of hydrogen-bond donors (Lipinski definition) is 1. The third-order valence-electron chi connectivity index (χ3n) is 2.92. The van der Waals surface area contributed by atoms with Gasteiger partial charge in [0.05, 0.1) is 14.2 Å². The van der Waals surface area contributed by atoms with Crippen molar-refractivity contribution < 1.29 is 14.3 Å². The Morgan fingerprint density at radius 2 is 2.15 bits per heavy atom. The summed E-state index contributed by atoms with van der Waals surface area (Å²) in [6.45, 7) is 3.05. The predicted octanol–water partition coefficient (Wildman–Crippen LogP) is 2.95. The van der Waals surface area contributed by atoms with Crippen LogP contribution in [0.2, 0.25) is 5.02 Å². The minimum absolute atomic E-state index is 0.287. The van der Waals surface area contributed by atoms with Gasteiger partial charge in [0.2, 0.25) is 0 Å². The van der Waals surface area contributed by atoms with Gasteiger partial charge in [-0.1, -0.05) is 30.7 Å². The number of methoxy groups -OCH3 is 2. The molecule has 5 heteroatoms. The Hall–Kier alpha value is -1.52. The number of ether oxygens (including phenoxy) is 2. The van der Waals surface area contributed by atoms with E-state index in [2.05, 4.69) is 5.32 Å². The third kappa shape index (κ3) is 4.54. The number of rotatable bonds is 7. The third-order valence-corrected chi connectivity index (χ3v) is 3.27. The van der Waals surface area contributed by atoms with E-state index in [4.69, 9.17) is 21.1 Å². The van der Waals surface area contributed by atoms with Gasteiger partial charge in [0.25, 0.3) is 0 Å². The van der Waals surface area contributed by atoms with Crippen molar-refractivity contribution in [2.24, 2.45) is 0 Å². The molecular weight excluding hydrogens is 278 g/mol. The van der Waals surface area contributed by atoms with Crippen LogP contribution < -0.4 is 10.1 Å². The summed E-state index contributed by atoms with van der Waals surface area (Å²) in [6, 6.07) is 5.53. The van der Waals surface area contributed by atoms with Gasteiger partial charge < -0.3 is 14.8 Å². The number of nitrogens with one attached hydrogen (secondary N) is 1. The molecule has 0 atom stereocenters. The van der Waals surface area contributed by atoms with Crippen LogP contribution in [-0.4, -0.2) is 26.7 Å². The molecule has 0 amide bonds. The molecule has 0 aliphatic carbocycles. The second-order valence-electron chi connectivity index (χ2n) is 4.13. The first-order chi connectivity index (χ1) is 9.63. The van der Waals surface area contributed by atoms with E-state index in [9.17, 15) is 4.79 Å².